The molecule has 29 heavy (non-hydrogen) atoms. The molecule has 0 unspecified atom stereocenters. The second-order valence-corrected chi connectivity index (χ2v) is 6.28. The van der Waals surface area contributed by atoms with E-state index in [9.17, 15) is 14.4 Å². The number of carbonyl (C=O) groups is 3. The van der Waals surface area contributed by atoms with Crippen LogP contribution in [-0.2, 0) is 4.79 Å². The Morgan fingerprint density at radius 3 is 2.03 bits per heavy atom. The lowest BCUT2D eigenvalue weighted by atomic mass is 10.1. The number of aromatic nitrogens is 2. The van der Waals surface area contributed by atoms with Crippen LogP contribution < -0.4 is 16.0 Å². The van der Waals surface area contributed by atoms with Crippen molar-refractivity contribution in [2.24, 2.45) is 0 Å². The predicted octanol–water partition coefficient (Wildman–Crippen LogP) is 3.63. The van der Waals surface area contributed by atoms with Gasteiger partial charge in [0.15, 0.2) is 17.3 Å². The van der Waals surface area contributed by atoms with Gasteiger partial charge in [0.2, 0.25) is 5.91 Å². The van der Waals surface area contributed by atoms with Crippen LogP contribution in [0.3, 0.4) is 0 Å². The highest BCUT2D eigenvalue weighted by Crippen LogP contribution is 2.17. The molecule has 0 radical (unpaired) electrons. The van der Waals surface area contributed by atoms with E-state index in [4.69, 9.17) is 0 Å². The zero-order chi connectivity index (χ0) is 20.8. The molecular formula is C21H19N5O3. The summed E-state index contributed by atoms with van der Waals surface area (Å²) in [5.74, 6) is -0.160. The summed E-state index contributed by atoms with van der Waals surface area (Å²) in [4.78, 5) is 34.8. The van der Waals surface area contributed by atoms with Crippen molar-refractivity contribution in [2.75, 3.05) is 16.0 Å². The van der Waals surface area contributed by atoms with E-state index in [1.807, 2.05) is 0 Å². The van der Waals surface area contributed by atoms with Crippen molar-refractivity contribution in [1.29, 1.82) is 0 Å². The van der Waals surface area contributed by atoms with E-state index < -0.39 is 5.91 Å². The number of anilines is 4. The molecule has 0 saturated carbocycles. The largest absolute Gasteiger partial charge is 0.339 e. The molecule has 0 aliphatic rings. The number of ketones is 1. The van der Waals surface area contributed by atoms with Gasteiger partial charge in [-0.25, -0.2) is 0 Å². The van der Waals surface area contributed by atoms with Crippen molar-refractivity contribution in [1.82, 2.24) is 10.2 Å². The van der Waals surface area contributed by atoms with Gasteiger partial charge in [0.05, 0.1) is 0 Å². The number of Topliss-reactive ketones (excluding diaryl/α,β-unsaturated/α-hetero) is 1. The molecule has 2 aromatic carbocycles. The Morgan fingerprint density at radius 1 is 0.759 bits per heavy atom. The van der Waals surface area contributed by atoms with E-state index in [2.05, 4.69) is 26.1 Å². The molecule has 0 bridgehead atoms. The summed E-state index contributed by atoms with van der Waals surface area (Å²) in [6.07, 6.45) is 0. The third-order valence-electron chi connectivity index (χ3n) is 3.90. The number of rotatable bonds is 6. The molecule has 8 nitrogen and oxygen atoms in total. The quantitative estimate of drug-likeness (QED) is 0.555. The summed E-state index contributed by atoms with van der Waals surface area (Å²) < 4.78 is 0. The normalized spacial score (nSPS) is 10.1. The summed E-state index contributed by atoms with van der Waals surface area (Å²) in [6.45, 7) is 2.92. The van der Waals surface area contributed by atoms with Crippen molar-refractivity contribution in [3.05, 3.63) is 71.9 Å². The fourth-order valence-corrected chi connectivity index (χ4v) is 2.53. The van der Waals surface area contributed by atoms with E-state index in [0.717, 1.165) is 5.69 Å². The maximum absolute atomic E-state index is 12.4. The lowest BCUT2D eigenvalue weighted by molar-refractivity contribution is -0.114. The lowest BCUT2D eigenvalue weighted by Crippen LogP contribution is -2.15. The highest BCUT2D eigenvalue weighted by molar-refractivity contribution is 6.03. The molecule has 8 heteroatoms. The summed E-state index contributed by atoms with van der Waals surface area (Å²) in [6, 6.07) is 16.9. The summed E-state index contributed by atoms with van der Waals surface area (Å²) in [5, 5.41) is 16.4. The number of nitrogens with one attached hydrogen (secondary N) is 3. The molecule has 3 rings (SSSR count). The first-order valence-corrected chi connectivity index (χ1v) is 8.81. The predicted molar refractivity (Wildman–Crippen MR) is 110 cm³/mol. The average Bonchev–Trinajstić information content (AvgIpc) is 2.68. The fraction of sp³-hybridized carbons (Fsp3) is 0.0952. The molecule has 0 aliphatic carbocycles. The van der Waals surface area contributed by atoms with E-state index >= 15 is 0 Å². The molecule has 1 aromatic heterocycles. The fourth-order valence-electron chi connectivity index (χ4n) is 2.53. The molecule has 0 saturated heterocycles. The molecule has 3 aromatic rings. The zero-order valence-corrected chi connectivity index (χ0v) is 15.9. The molecule has 0 spiro atoms. The molecule has 0 atom stereocenters. The SMILES string of the molecule is CC(=O)Nc1cccc(NC(=O)c2ccc(Nc3ccc(C(C)=O)cc3)nn2)c1. The van der Waals surface area contributed by atoms with Gasteiger partial charge in [-0.3, -0.25) is 14.4 Å². The van der Waals surface area contributed by atoms with Crippen LogP contribution >= 0.6 is 0 Å². The number of hydrogen-bond acceptors (Lipinski definition) is 6. The van der Waals surface area contributed by atoms with Crippen molar-refractivity contribution in [3.63, 3.8) is 0 Å². The summed E-state index contributed by atoms with van der Waals surface area (Å²) in [5.41, 5.74) is 2.62. The van der Waals surface area contributed by atoms with Gasteiger partial charge in [-0.15, -0.1) is 10.2 Å². The highest BCUT2D eigenvalue weighted by Gasteiger charge is 2.10. The molecule has 1 heterocycles. The highest BCUT2D eigenvalue weighted by atomic mass is 16.2. The van der Waals surface area contributed by atoms with Crippen LogP contribution in [0.2, 0.25) is 0 Å². The summed E-state index contributed by atoms with van der Waals surface area (Å²) >= 11 is 0. The van der Waals surface area contributed by atoms with Crippen molar-refractivity contribution in [2.45, 2.75) is 13.8 Å². The minimum Gasteiger partial charge on any atom is -0.339 e. The standard InChI is InChI=1S/C21H19N5O3/c1-13(27)15-6-8-16(9-7-15)23-20-11-10-19(25-26-20)21(29)24-18-5-3-4-17(12-18)22-14(2)28/h3-12H,1-2H3,(H,22,28)(H,23,26)(H,24,29). The minimum atomic E-state index is -0.421. The number of benzene rings is 2. The monoisotopic (exact) mass is 389 g/mol. The molecule has 0 aliphatic heterocycles. The molecule has 0 fully saturated rings. The van der Waals surface area contributed by atoms with Crippen LogP contribution in [0, 0.1) is 0 Å². The zero-order valence-electron chi connectivity index (χ0n) is 15.9. The molecule has 3 N–H and O–H groups in total. The van der Waals surface area contributed by atoms with Crippen LogP contribution in [0.4, 0.5) is 22.9 Å². The van der Waals surface area contributed by atoms with Crippen molar-refractivity contribution >= 4 is 40.5 Å². The van der Waals surface area contributed by atoms with Gasteiger partial charge in [-0.05, 0) is 61.5 Å². The Bertz CT molecular complexity index is 1050. The number of carbonyl (C=O) groups excluding carboxylic acids is 3. The van der Waals surface area contributed by atoms with Gasteiger partial charge in [0, 0.05) is 29.5 Å². The topological polar surface area (TPSA) is 113 Å². The van der Waals surface area contributed by atoms with Crippen molar-refractivity contribution in [3.8, 4) is 0 Å². The van der Waals surface area contributed by atoms with Crippen LogP contribution in [0.15, 0.2) is 60.7 Å². The Kier molecular flexibility index (Phi) is 5.94. The first kappa shape index (κ1) is 19.7. The molecule has 2 amide bonds. The van der Waals surface area contributed by atoms with Gasteiger partial charge in [-0.2, -0.15) is 0 Å². The second-order valence-electron chi connectivity index (χ2n) is 6.28. The Balaban J connectivity index is 1.64. The smallest absolute Gasteiger partial charge is 0.276 e. The van der Waals surface area contributed by atoms with E-state index in [1.165, 1.54) is 13.8 Å². The maximum Gasteiger partial charge on any atom is 0.276 e. The van der Waals surface area contributed by atoms with E-state index in [-0.39, 0.29) is 17.4 Å². The number of amides is 2. The third-order valence-corrected chi connectivity index (χ3v) is 3.90. The van der Waals surface area contributed by atoms with Crippen LogP contribution in [0.1, 0.15) is 34.7 Å². The number of hydrogen-bond donors (Lipinski definition) is 3. The first-order chi connectivity index (χ1) is 13.9. The van der Waals surface area contributed by atoms with E-state index in [1.54, 1.807) is 60.7 Å². The Morgan fingerprint density at radius 2 is 1.45 bits per heavy atom. The minimum absolute atomic E-state index is 0.00526. The molecular weight excluding hydrogens is 370 g/mol. The van der Waals surface area contributed by atoms with Crippen LogP contribution in [0.5, 0.6) is 0 Å². The Hall–Kier alpha value is -4.07. The Labute approximate surface area is 167 Å². The van der Waals surface area contributed by atoms with Crippen LogP contribution in [0.25, 0.3) is 0 Å². The van der Waals surface area contributed by atoms with Gasteiger partial charge in [-0.1, -0.05) is 6.07 Å². The summed E-state index contributed by atoms with van der Waals surface area (Å²) in [7, 11) is 0. The lowest BCUT2D eigenvalue weighted by Gasteiger charge is -2.08. The second kappa shape index (κ2) is 8.75. The van der Waals surface area contributed by atoms with Crippen LogP contribution in [-0.4, -0.2) is 27.8 Å². The molecule has 146 valence electrons. The third kappa shape index (κ3) is 5.46. The van der Waals surface area contributed by atoms with Gasteiger partial charge >= 0.3 is 0 Å². The van der Waals surface area contributed by atoms with Crippen molar-refractivity contribution < 1.29 is 14.4 Å². The first-order valence-electron chi connectivity index (χ1n) is 8.81. The average molecular weight is 389 g/mol. The number of nitrogens with zero attached hydrogens (tertiary/aromatic N) is 2. The van der Waals surface area contributed by atoms with Gasteiger partial charge in [0.25, 0.3) is 5.91 Å². The van der Waals surface area contributed by atoms with Gasteiger partial charge < -0.3 is 16.0 Å². The van der Waals surface area contributed by atoms with Gasteiger partial charge in [0.1, 0.15) is 0 Å². The maximum atomic E-state index is 12.4. The van der Waals surface area contributed by atoms with E-state index in [0.29, 0.717) is 22.8 Å².